The van der Waals surface area contributed by atoms with Crippen molar-refractivity contribution in [2.75, 3.05) is 12.4 Å². The molecule has 2 N–H and O–H groups in total. The number of carbonyl (C=O) groups excluding carboxylic acids is 1. The molecule has 4 aromatic rings. The number of nitrogens with one attached hydrogen (secondary N) is 2. The fourth-order valence-corrected chi connectivity index (χ4v) is 3.32. The minimum Gasteiger partial charge on any atom is -0.497 e. The van der Waals surface area contributed by atoms with Crippen molar-refractivity contribution in [3.05, 3.63) is 59.4 Å². The van der Waals surface area contributed by atoms with E-state index < -0.39 is 0 Å². The molecule has 0 atom stereocenters. The summed E-state index contributed by atoms with van der Waals surface area (Å²) < 4.78 is 9.30. The average Bonchev–Trinajstić information content (AvgIpc) is 3.34. The summed E-state index contributed by atoms with van der Waals surface area (Å²) in [5.41, 5.74) is 5.17. The van der Waals surface area contributed by atoms with E-state index in [2.05, 4.69) is 24.8 Å². The van der Waals surface area contributed by atoms with Gasteiger partial charge in [-0.2, -0.15) is 0 Å². The fourth-order valence-electron chi connectivity index (χ4n) is 3.32. The van der Waals surface area contributed by atoms with Gasteiger partial charge >= 0.3 is 0 Å². The van der Waals surface area contributed by atoms with E-state index in [0.717, 1.165) is 33.9 Å². The third-order valence-corrected chi connectivity index (χ3v) is 4.98. The second kappa shape index (κ2) is 6.88. The second-order valence-corrected chi connectivity index (χ2v) is 6.79. The van der Waals surface area contributed by atoms with Crippen LogP contribution in [0.2, 0.25) is 0 Å². The molecule has 1 amide bonds. The molecule has 0 aliphatic heterocycles. The highest BCUT2D eigenvalue weighted by Gasteiger charge is 2.18. The van der Waals surface area contributed by atoms with Crippen molar-refractivity contribution in [3.8, 4) is 5.75 Å². The Labute approximate surface area is 162 Å². The number of carbonyl (C=O) groups is 1. The van der Waals surface area contributed by atoms with Crippen molar-refractivity contribution in [2.45, 2.75) is 20.4 Å². The van der Waals surface area contributed by atoms with E-state index in [4.69, 9.17) is 4.74 Å². The Bertz CT molecular complexity index is 1170. The van der Waals surface area contributed by atoms with Gasteiger partial charge in [0.15, 0.2) is 0 Å². The Hall–Kier alpha value is -3.55. The van der Waals surface area contributed by atoms with Gasteiger partial charge in [0.05, 0.1) is 42.3 Å². The first-order valence-corrected chi connectivity index (χ1v) is 8.93. The number of ether oxygens (including phenoxy) is 1. The molecular weight excluding hydrogens is 356 g/mol. The molecule has 0 spiro atoms. The van der Waals surface area contributed by atoms with Crippen molar-refractivity contribution in [1.82, 2.24) is 24.1 Å². The highest BCUT2D eigenvalue weighted by atomic mass is 16.5. The SMILES string of the molecule is COc1ccc2nc(NC(=O)c3cc(C)n(Cc4cncn4C)c3C)[nH]c2c1. The van der Waals surface area contributed by atoms with Crippen LogP contribution in [0.25, 0.3) is 11.0 Å². The van der Waals surface area contributed by atoms with Gasteiger partial charge in [0.25, 0.3) is 5.91 Å². The maximum absolute atomic E-state index is 12.8. The number of H-pyrrole nitrogens is 1. The topological polar surface area (TPSA) is 89.8 Å². The Kier molecular flexibility index (Phi) is 4.38. The predicted molar refractivity (Wildman–Crippen MR) is 107 cm³/mol. The van der Waals surface area contributed by atoms with Gasteiger partial charge < -0.3 is 18.9 Å². The average molecular weight is 378 g/mol. The molecule has 3 heterocycles. The highest BCUT2D eigenvalue weighted by molar-refractivity contribution is 6.05. The standard InChI is InChI=1S/C20H22N6O2/c1-12-7-16(13(2)26(12)10-14-9-21-11-25(14)3)19(27)24-20-22-17-6-5-15(28-4)8-18(17)23-20/h5-9,11H,10H2,1-4H3,(H2,22,23,24,27). The molecule has 8 heteroatoms. The summed E-state index contributed by atoms with van der Waals surface area (Å²) in [5.74, 6) is 0.938. The van der Waals surface area contributed by atoms with Crippen LogP contribution in [-0.2, 0) is 13.6 Å². The first kappa shape index (κ1) is 17.8. The number of aryl methyl sites for hydroxylation is 2. The molecule has 0 saturated carbocycles. The number of imidazole rings is 2. The molecule has 0 unspecified atom stereocenters. The number of methoxy groups -OCH3 is 1. The lowest BCUT2D eigenvalue weighted by molar-refractivity contribution is 0.102. The second-order valence-electron chi connectivity index (χ2n) is 6.79. The molecule has 0 saturated heterocycles. The van der Waals surface area contributed by atoms with Crippen LogP contribution >= 0.6 is 0 Å². The minimum absolute atomic E-state index is 0.199. The molecule has 3 aromatic heterocycles. The van der Waals surface area contributed by atoms with Crippen LogP contribution in [-0.4, -0.2) is 37.1 Å². The number of rotatable bonds is 5. The van der Waals surface area contributed by atoms with Crippen LogP contribution in [0, 0.1) is 13.8 Å². The zero-order chi connectivity index (χ0) is 19.8. The zero-order valence-electron chi connectivity index (χ0n) is 16.3. The Balaban J connectivity index is 1.58. The van der Waals surface area contributed by atoms with Gasteiger partial charge in [-0.1, -0.05) is 0 Å². The molecular formula is C20H22N6O2. The maximum Gasteiger partial charge on any atom is 0.259 e. The number of fused-ring (bicyclic) bond motifs is 1. The lowest BCUT2D eigenvalue weighted by Crippen LogP contribution is -2.14. The lowest BCUT2D eigenvalue weighted by Gasteiger charge is -2.10. The largest absolute Gasteiger partial charge is 0.497 e. The number of hydrogen-bond acceptors (Lipinski definition) is 4. The number of benzene rings is 1. The molecule has 28 heavy (non-hydrogen) atoms. The predicted octanol–water partition coefficient (Wildman–Crippen LogP) is 3.02. The summed E-state index contributed by atoms with van der Waals surface area (Å²) in [4.78, 5) is 24.5. The summed E-state index contributed by atoms with van der Waals surface area (Å²) in [6, 6.07) is 7.42. The molecule has 0 bridgehead atoms. The van der Waals surface area contributed by atoms with Gasteiger partial charge in [-0.3, -0.25) is 10.1 Å². The number of aromatic amines is 1. The smallest absolute Gasteiger partial charge is 0.259 e. The first-order chi connectivity index (χ1) is 13.5. The summed E-state index contributed by atoms with van der Waals surface area (Å²) in [6.45, 7) is 4.60. The third-order valence-electron chi connectivity index (χ3n) is 4.98. The normalized spacial score (nSPS) is 11.1. The van der Waals surface area contributed by atoms with Crippen molar-refractivity contribution < 1.29 is 9.53 Å². The van der Waals surface area contributed by atoms with Crippen LogP contribution in [0.5, 0.6) is 5.75 Å². The van der Waals surface area contributed by atoms with Crippen molar-refractivity contribution in [3.63, 3.8) is 0 Å². The molecule has 0 aliphatic rings. The van der Waals surface area contributed by atoms with E-state index in [1.807, 2.05) is 55.9 Å². The maximum atomic E-state index is 12.8. The lowest BCUT2D eigenvalue weighted by atomic mass is 10.2. The fraction of sp³-hybridized carbons (Fsp3) is 0.250. The molecule has 4 rings (SSSR count). The molecule has 1 aromatic carbocycles. The van der Waals surface area contributed by atoms with E-state index >= 15 is 0 Å². The van der Waals surface area contributed by atoms with Crippen LogP contribution in [0.3, 0.4) is 0 Å². The number of anilines is 1. The van der Waals surface area contributed by atoms with Gasteiger partial charge in [-0.05, 0) is 32.0 Å². The summed E-state index contributed by atoms with van der Waals surface area (Å²) >= 11 is 0. The number of nitrogens with zero attached hydrogens (tertiary/aromatic N) is 4. The van der Waals surface area contributed by atoms with Gasteiger partial charge in [0.1, 0.15) is 5.75 Å². The van der Waals surface area contributed by atoms with Crippen molar-refractivity contribution in [1.29, 1.82) is 0 Å². The molecule has 0 fully saturated rings. The zero-order valence-corrected chi connectivity index (χ0v) is 16.3. The third kappa shape index (κ3) is 3.13. The summed E-state index contributed by atoms with van der Waals surface area (Å²) in [5, 5.41) is 2.86. The number of aromatic nitrogens is 5. The quantitative estimate of drug-likeness (QED) is 0.559. The van der Waals surface area contributed by atoms with Gasteiger partial charge in [-0.15, -0.1) is 0 Å². The molecule has 8 nitrogen and oxygen atoms in total. The van der Waals surface area contributed by atoms with Gasteiger partial charge in [-0.25, -0.2) is 9.97 Å². The van der Waals surface area contributed by atoms with Crippen LogP contribution in [0.4, 0.5) is 5.95 Å². The van der Waals surface area contributed by atoms with E-state index in [9.17, 15) is 4.79 Å². The van der Waals surface area contributed by atoms with Crippen LogP contribution < -0.4 is 10.1 Å². The molecule has 144 valence electrons. The monoisotopic (exact) mass is 378 g/mol. The van der Waals surface area contributed by atoms with E-state index in [-0.39, 0.29) is 5.91 Å². The minimum atomic E-state index is -0.199. The Morgan fingerprint density at radius 3 is 2.82 bits per heavy atom. The highest BCUT2D eigenvalue weighted by Crippen LogP contribution is 2.22. The number of amides is 1. The van der Waals surface area contributed by atoms with Crippen LogP contribution in [0.1, 0.15) is 27.4 Å². The van der Waals surface area contributed by atoms with Crippen molar-refractivity contribution >= 4 is 22.9 Å². The molecule has 0 radical (unpaired) electrons. The van der Waals surface area contributed by atoms with E-state index in [1.54, 1.807) is 13.4 Å². The number of hydrogen-bond donors (Lipinski definition) is 2. The van der Waals surface area contributed by atoms with Crippen molar-refractivity contribution in [2.24, 2.45) is 7.05 Å². The van der Waals surface area contributed by atoms with Crippen LogP contribution in [0.15, 0.2) is 36.8 Å². The Morgan fingerprint density at radius 2 is 2.11 bits per heavy atom. The van der Waals surface area contributed by atoms with Gasteiger partial charge in [0.2, 0.25) is 5.95 Å². The summed E-state index contributed by atoms with van der Waals surface area (Å²) in [7, 11) is 3.57. The summed E-state index contributed by atoms with van der Waals surface area (Å²) in [6.07, 6.45) is 3.61. The first-order valence-electron chi connectivity index (χ1n) is 8.93. The van der Waals surface area contributed by atoms with E-state index in [1.165, 1.54) is 0 Å². The van der Waals surface area contributed by atoms with Gasteiger partial charge in [0, 0.05) is 30.7 Å². The Morgan fingerprint density at radius 1 is 1.29 bits per heavy atom. The van der Waals surface area contributed by atoms with E-state index in [0.29, 0.717) is 18.1 Å². The molecule has 0 aliphatic carbocycles.